The van der Waals surface area contributed by atoms with E-state index in [1.165, 1.54) is 12.3 Å². The molecule has 182 valence electrons. The summed E-state index contributed by atoms with van der Waals surface area (Å²) in [6.07, 6.45) is -2.14. The molecule has 10 heteroatoms. The smallest absolute Gasteiger partial charge is 0.378 e. The van der Waals surface area contributed by atoms with Gasteiger partial charge in [0.2, 0.25) is 0 Å². The second-order valence-electron chi connectivity index (χ2n) is 8.98. The van der Waals surface area contributed by atoms with E-state index < -0.39 is 17.4 Å². The van der Waals surface area contributed by atoms with Crippen LogP contribution in [0.15, 0.2) is 58.9 Å². The molecule has 3 heterocycles. The molecule has 2 aliphatic rings. The summed E-state index contributed by atoms with van der Waals surface area (Å²) in [6, 6.07) is 10.3. The first-order valence-corrected chi connectivity index (χ1v) is 11.1. The van der Waals surface area contributed by atoms with Gasteiger partial charge in [0, 0.05) is 65.3 Å². The number of anilines is 2. The molecule has 2 aliphatic heterocycles. The number of nitrogens with zero attached hydrogens (tertiary/aromatic N) is 5. The fourth-order valence-electron chi connectivity index (χ4n) is 4.41. The fraction of sp³-hybridized carbons (Fsp3) is 0.417. The lowest BCUT2D eigenvalue weighted by Gasteiger charge is -2.37. The van der Waals surface area contributed by atoms with E-state index in [1.54, 1.807) is 4.90 Å². The Kier molecular flexibility index (Phi) is 6.20. The molecule has 1 aromatic carbocycles. The highest BCUT2D eigenvalue weighted by molar-refractivity contribution is 5.84. The first-order valence-electron chi connectivity index (χ1n) is 11.1. The lowest BCUT2D eigenvalue weighted by Crippen LogP contribution is -2.49. The summed E-state index contributed by atoms with van der Waals surface area (Å²) in [4.78, 5) is 14.5. The van der Waals surface area contributed by atoms with Crippen molar-refractivity contribution in [2.24, 2.45) is 10.7 Å². The number of benzene rings is 1. The van der Waals surface area contributed by atoms with Gasteiger partial charge in [-0.3, -0.25) is 5.73 Å². The van der Waals surface area contributed by atoms with Crippen LogP contribution in [0.3, 0.4) is 0 Å². The molecular formula is C24H30F3N7. The van der Waals surface area contributed by atoms with Crippen molar-refractivity contribution in [1.29, 1.82) is 0 Å². The van der Waals surface area contributed by atoms with Crippen LogP contribution in [0.5, 0.6) is 0 Å². The molecule has 0 spiro atoms. The zero-order valence-electron chi connectivity index (χ0n) is 19.8. The van der Waals surface area contributed by atoms with Crippen LogP contribution >= 0.6 is 0 Å². The van der Waals surface area contributed by atoms with E-state index >= 15 is 0 Å². The van der Waals surface area contributed by atoms with Gasteiger partial charge in [0.1, 0.15) is 5.82 Å². The Morgan fingerprint density at radius 3 is 2.29 bits per heavy atom. The van der Waals surface area contributed by atoms with Crippen LogP contribution in [0.4, 0.5) is 24.7 Å². The Morgan fingerprint density at radius 2 is 1.68 bits per heavy atom. The van der Waals surface area contributed by atoms with Crippen molar-refractivity contribution >= 4 is 17.5 Å². The zero-order chi connectivity index (χ0) is 24.7. The molecule has 3 N–H and O–H groups in total. The second-order valence-corrected chi connectivity index (χ2v) is 8.98. The van der Waals surface area contributed by atoms with Gasteiger partial charge in [0.05, 0.1) is 5.56 Å². The molecule has 0 radical (unpaired) electrons. The molecule has 7 nitrogen and oxygen atoms in total. The number of aliphatic imine (C=N–C) groups is 1. The van der Waals surface area contributed by atoms with Gasteiger partial charge in [-0.05, 0) is 41.8 Å². The second kappa shape index (κ2) is 8.83. The minimum Gasteiger partial charge on any atom is -0.378 e. The monoisotopic (exact) mass is 473 g/mol. The Balaban J connectivity index is 1.71. The minimum atomic E-state index is -4.48. The van der Waals surface area contributed by atoms with Crippen molar-refractivity contribution in [3.8, 4) is 0 Å². The minimum absolute atomic E-state index is 0.0541. The Labute approximate surface area is 197 Å². The molecule has 4 rings (SSSR count). The molecule has 0 amide bonds. The fourth-order valence-corrected chi connectivity index (χ4v) is 4.41. The molecule has 0 saturated heterocycles. The van der Waals surface area contributed by atoms with Crippen molar-refractivity contribution in [1.82, 2.24) is 15.2 Å². The summed E-state index contributed by atoms with van der Waals surface area (Å²) >= 11 is 0. The van der Waals surface area contributed by atoms with Gasteiger partial charge < -0.3 is 20.0 Å². The topological polar surface area (TPSA) is 73.0 Å². The third-order valence-corrected chi connectivity index (χ3v) is 6.27. The summed E-state index contributed by atoms with van der Waals surface area (Å²) in [5, 5.41) is 3.36. The van der Waals surface area contributed by atoms with E-state index in [2.05, 4.69) is 10.3 Å². The van der Waals surface area contributed by atoms with Gasteiger partial charge in [0.25, 0.3) is 0 Å². The average molecular weight is 474 g/mol. The summed E-state index contributed by atoms with van der Waals surface area (Å²) in [5.41, 5.74) is 8.78. The van der Waals surface area contributed by atoms with Crippen LogP contribution in [-0.2, 0) is 11.8 Å². The van der Waals surface area contributed by atoms with E-state index in [9.17, 15) is 13.2 Å². The van der Waals surface area contributed by atoms with Crippen molar-refractivity contribution in [3.63, 3.8) is 0 Å². The maximum atomic E-state index is 13.6. The normalized spacial score (nSPS) is 20.8. The van der Waals surface area contributed by atoms with Crippen molar-refractivity contribution in [2.45, 2.75) is 24.7 Å². The number of nitrogens with two attached hydrogens (primary N) is 1. The molecule has 0 bridgehead atoms. The molecule has 0 saturated carbocycles. The quantitative estimate of drug-likeness (QED) is 0.713. The maximum absolute atomic E-state index is 13.6. The molecule has 1 unspecified atom stereocenters. The van der Waals surface area contributed by atoms with Crippen molar-refractivity contribution in [2.75, 3.05) is 51.1 Å². The first-order chi connectivity index (χ1) is 16.0. The number of hydrogen-bond acceptors (Lipinski definition) is 7. The van der Waals surface area contributed by atoms with Gasteiger partial charge in [-0.1, -0.05) is 12.1 Å². The molecule has 1 aromatic heterocycles. The van der Waals surface area contributed by atoms with E-state index in [0.717, 1.165) is 28.6 Å². The van der Waals surface area contributed by atoms with Gasteiger partial charge in [-0.2, -0.15) is 13.2 Å². The summed E-state index contributed by atoms with van der Waals surface area (Å²) in [5.74, 6) is 0.557. The number of halogens is 3. The lowest BCUT2D eigenvalue weighted by molar-refractivity contribution is -0.137. The zero-order valence-corrected chi connectivity index (χ0v) is 19.8. The van der Waals surface area contributed by atoms with Gasteiger partial charge in [-0.15, -0.1) is 0 Å². The number of nitrogens with one attached hydrogen (secondary N) is 1. The summed E-state index contributed by atoms with van der Waals surface area (Å²) in [6.45, 7) is 0.727. The Bertz CT molecular complexity index is 1110. The van der Waals surface area contributed by atoms with Crippen LogP contribution in [0, 0.1) is 0 Å². The maximum Gasteiger partial charge on any atom is 0.419 e. The number of pyridine rings is 1. The van der Waals surface area contributed by atoms with E-state index in [0.29, 0.717) is 31.9 Å². The van der Waals surface area contributed by atoms with Crippen LogP contribution < -0.4 is 20.9 Å². The van der Waals surface area contributed by atoms with Crippen LogP contribution in [-0.4, -0.2) is 57.1 Å². The van der Waals surface area contributed by atoms with Crippen LogP contribution in [0.2, 0.25) is 0 Å². The summed E-state index contributed by atoms with van der Waals surface area (Å²) < 4.78 is 40.9. The van der Waals surface area contributed by atoms with Crippen molar-refractivity contribution < 1.29 is 13.2 Å². The third kappa shape index (κ3) is 4.42. The standard InChI is InChI=1S/C24H30F3N7/c1-32(2)17-9-7-16(8-10-17)23(28)18-11-14-34(15-12-20(18)30-22(31-23)33(3)4)21-19(24(25,26)27)6-5-13-29-21/h5-10,13H,11-12,14-15,28H2,1-4H3,(H,30,31). The number of hydrogen-bond donors (Lipinski definition) is 2. The third-order valence-electron chi connectivity index (χ3n) is 6.27. The molecule has 0 fully saturated rings. The highest BCUT2D eigenvalue weighted by atomic mass is 19.4. The highest BCUT2D eigenvalue weighted by Crippen LogP contribution is 2.40. The molecule has 1 atom stereocenters. The number of aromatic nitrogens is 1. The van der Waals surface area contributed by atoms with Crippen molar-refractivity contribution in [3.05, 3.63) is 65.0 Å². The van der Waals surface area contributed by atoms with Crippen LogP contribution in [0.25, 0.3) is 0 Å². The molecule has 34 heavy (non-hydrogen) atoms. The predicted octanol–water partition coefficient (Wildman–Crippen LogP) is 3.35. The number of guanidine groups is 1. The predicted molar refractivity (Wildman–Crippen MR) is 129 cm³/mol. The van der Waals surface area contributed by atoms with E-state index in [4.69, 9.17) is 10.7 Å². The average Bonchev–Trinajstić information content (AvgIpc) is 3.02. The lowest BCUT2D eigenvalue weighted by atomic mass is 9.87. The van der Waals surface area contributed by atoms with Gasteiger partial charge in [-0.25, -0.2) is 9.98 Å². The summed E-state index contributed by atoms with van der Waals surface area (Å²) in [7, 11) is 7.68. The SMILES string of the molecule is CN(C)C1=NC(N)(c2ccc(N(C)C)cc2)C2=C(CCN(c3ncccc3C(F)(F)F)CC2)N1. The first kappa shape index (κ1) is 23.9. The Morgan fingerprint density at radius 1 is 1.00 bits per heavy atom. The number of alkyl halides is 3. The highest BCUT2D eigenvalue weighted by Gasteiger charge is 2.41. The molecule has 0 aliphatic carbocycles. The number of rotatable bonds is 3. The largest absolute Gasteiger partial charge is 0.419 e. The van der Waals surface area contributed by atoms with Gasteiger partial charge in [0.15, 0.2) is 11.6 Å². The van der Waals surface area contributed by atoms with E-state index in [-0.39, 0.29) is 5.82 Å². The van der Waals surface area contributed by atoms with E-state index in [1.807, 2.05) is 62.3 Å². The molecular weight excluding hydrogens is 443 g/mol. The van der Waals surface area contributed by atoms with Gasteiger partial charge >= 0.3 is 6.18 Å². The Hall–Kier alpha value is -3.27. The van der Waals surface area contributed by atoms with Crippen LogP contribution in [0.1, 0.15) is 24.0 Å². The molecule has 2 aromatic rings.